The van der Waals surface area contributed by atoms with Crippen molar-refractivity contribution in [1.29, 1.82) is 0 Å². The maximum absolute atomic E-state index is 3.47. The second-order valence-electron chi connectivity index (χ2n) is 4.55. The second kappa shape index (κ2) is 5.69. The van der Waals surface area contributed by atoms with Crippen LogP contribution in [0.2, 0.25) is 0 Å². The summed E-state index contributed by atoms with van der Waals surface area (Å²) in [5.74, 6) is 0.842. The van der Waals surface area contributed by atoms with E-state index in [-0.39, 0.29) is 0 Å². The number of piperidine rings is 1. The van der Waals surface area contributed by atoms with E-state index in [9.17, 15) is 0 Å². The van der Waals surface area contributed by atoms with Gasteiger partial charge in [-0.05, 0) is 56.1 Å². The summed E-state index contributed by atoms with van der Waals surface area (Å²) >= 11 is 3.47. The maximum Gasteiger partial charge on any atom is 0.0364 e. The number of hydrogen-bond donors (Lipinski definition) is 1. The monoisotopic (exact) mass is 282 g/mol. The Labute approximate surface area is 106 Å². The molecule has 1 N–H and O–H groups in total. The lowest BCUT2D eigenvalue weighted by atomic mass is 9.97. The molecule has 1 heterocycles. The quantitative estimate of drug-likeness (QED) is 0.917. The van der Waals surface area contributed by atoms with E-state index in [1.807, 2.05) is 0 Å². The fourth-order valence-electron chi connectivity index (χ4n) is 2.25. The van der Waals surface area contributed by atoms with Crippen LogP contribution < -0.4 is 10.2 Å². The third-order valence-electron chi connectivity index (χ3n) is 3.26. The minimum absolute atomic E-state index is 0.842. The number of hydrogen-bond acceptors (Lipinski definition) is 2. The zero-order valence-corrected chi connectivity index (χ0v) is 11.3. The van der Waals surface area contributed by atoms with Crippen LogP contribution in [0.4, 0.5) is 5.69 Å². The lowest BCUT2D eigenvalue weighted by molar-refractivity contribution is 0.378. The Balaban J connectivity index is 1.91. The first kappa shape index (κ1) is 11.9. The first-order valence-electron chi connectivity index (χ1n) is 5.93. The summed E-state index contributed by atoms with van der Waals surface area (Å²) in [5, 5.41) is 3.41. The van der Waals surface area contributed by atoms with Gasteiger partial charge in [0.15, 0.2) is 0 Å². The predicted octanol–water partition coefficient (Wildman–Crippen LogP) is 2.88. The van der Waals surface area contributed by atoms with Crippen LogP contribution >= 0.6 is 15.9 Å². The topological polar surface area (TPSA) is 15.3 Å². The smallest absolute Gasteiger partial charge is 0.0364 e. The molecule has 3 heteroatoms. The number of anilines is 1. The fraction of sp³-hybridized carbons (Fsp3) is 0.538. The van der Waals surface area contributed by atoms with Crippen molar-refractivity contribution in [2.45, 2.75) is 12.8 Å². The summed E-state index contributed by atoms with van der Waals surface area (Å²) in [4.78, 5) is 2.36. The maximum atomic E-state index is 3.47. The van der Waals surface area contributed by atoms with Gasteiger partial charge in [-0.25, -0.2) is 0 Å². The molecule has 0 radical (unpaired) electrons. The van der Waals surface area contributed by atoms with Gasteiger partial charge < -0.3 is 10.2 Å². The highest BCUT2D eigenvalue weighted by atomic mass is 79.9. The standard InChI is InChI=1S/C13H19BrN2/c1-16(10-11-6-8-15-9-7-11)13-4-2-12(14)3-5-13/h2-5,11,15H,6-10H2,1H3. The molecule has 0 aliphatic carbocycles. The third-order valence-corrected chi connectivity index (χ3v) is 3.79. The van der Waals surface area contributed by atoms with E-state index in [4.69, 9.17) is 0 Å². The zero-order valence-electron chi connectivity index (χ0n) is 9.75. The molecule has 2 nitrogen and oxygen atoms in total. The van der Waals surface area contributed by atoms with Crippen LogP contribution in [0.15, 0.2) is 28.7 Å². The molecule has 1 saturated heterocycles. The molecular formula is C13H19BrN2. The molecular weight excluding hydrogens is 264 g/mol. The van der Waals surface area contributed by atoms with Crippen LogP contribution in [0.3, 0.4) is 0 Å². The highest BCUT2D eigenvalue weighted by Gasteiger charge is 2.15. The molecule has 88 valence electrons. The average Bonchev–Trinajstić information content (AvgIpc) is 2.31. The van der Waals surface area contributed by atoms with Gasteiger partial charge in [0.1, 0.15) is 0 Å². The highest BCUT2D eigenvalue weighted by molar-refractivity contribution is 9.10. The van der Waals surface area contributed by atoms with E-state index in [0.29, 0.717) is 0 Å². The second-order valence-corrected chi connectivity index (χ2v) is 5.47. The lowest BCUT2D eigenvalue weighted by Gasteiger charge is -2.28. The number of halogens is 1. The first-order chi connectivity index (χ1) is 7.75. The van der Waals surface area contributed by atoms with E-state index in [1.54, 1.807) is 0 Å². The molecule has 0 amide bonds. The molecule has 1 aromatic rings. The van der Waals surface area contributed by atoms with E-state index >= 15 is 0 Å². The van der Waals surface area contributed by atoms with Gasteiger partial charge in [0.05, 0.1) is 0 Å². The number of rotatable bonds is 3. The Morgan fingerprint density at radius 3 is 2.50 bits per heavy atom. The number of nitrogens with one attached hydrogen (secondary N) is 1. The molecule has 16 heavy (non-hydrogen) atoms. The average molecular weight is 283 g/mol. The van der Waals surface area contributed by atoms with Gasteiger partial charge in [-0.3, -0.25) is 0 Å². The molecule has 1 aromatic carbocycles. The summed E-state index contributed by atoms with van der Waals surface area (Å²) in [6.07, 6.45) is 2.61. The van der Waals surface area contributed by atoms with E-state index < -0.39 is 0 Å². The van der Waals surface area contributed by atoms with Crippen molar-refractivity contribution in [3.63, 3.8) is 0 Å². The van der Waals surface area contributed by atoms with Crippen molar-refractivity contribution in [2.75, 3.05) is 31.6 Å². The van der Waals surface area contributed by atoms with Crippen molar-refractivity contribution >= 4 is 21.6 Å². The minimum Gasteiger partial charge on any atom is -0.374 e. The van der Waals surface area contributed by atoms with Crippen molar-refractivity contribution in [3.8, 4) is 0 Å². The molecule has 2 rings (SSSR count). The molecule has 1 aliphatic heterocycles. The molecule has 0 aromatic heterocycles. The van der Waals surface area contributed by atoms with Crippen molar-refractivity contribution in [2.24, 2.45) is 5.92 Å². The first-order valence-corrected chi connectivity index (χ1v) is 6.72. The van der Waals surface area contributed by atoms with Gasteiger partial charge >= 0.3 is 0 Å². The third kappa shape index (κ3) is 3.22. The summed E-state index contributed by atoms with van der Waals surface area (Å²) < 4.78 is 1.14. The largest absolute Gasteiger partial charge is 0.374 e. The Bertz CT molecular complexity index is 317. The van der Waals surface area contributed by atoms with Crippen molar-refractivity contribution in [3.05, 3.63) is 28.7 Å². The van der Waals surface area contributed by atoms with Gasteiger partial charge in [0.25, 0.3) is 0 Å². The van der Waals surface area contributed by atoms with Crippen LogP contribution in [0.1, 0.15) is 12.8 Å². The van der Waals surface area contributed by atoms with Crippen LogP contribution in [0.25, 0.3) is 0 Å². The molecule has 1 aliphatic rings. The summed E-state index contributed by atoms with van der Waals surface area (Å²) in [6.45, 7) is 3.53. The van der Waals surface area contributed by atoms with Crippen LogP contribution in [-0.4, -0.2) is 26.7 Å². The van der Waals surface area contributed by atoms with Crippen LogP contribution in [-0.2, 0) is 0 Å². The Hall–Kier alpha value is -0.540. The van der Waals surface area contributed by atoms with Gasteiger partial charge in [-0.1, -0.05) is 15.9 Å². The molecule has 0 bridgehead atoms. The minimum atomic E-state index is 0.842. The normalized spacial score (nSPS) is 17.4. The Kier molecular flexibility index (Phi) is 4.24. The van der Waals surface area contributed by atoms with E-state index in [1.165, 1.54) is 38.2 Å². The highest BCUT2D eigenvalue weighted by Crippen LogP contribution is 2.20. The summed E-state index contributed by atoms with van der Waals surface area (Å²) in [6, 6.07) is 8.55. The molecule has 0 atom stereocenters. The van der Waals surface area contributed by atoms with Gasteiger partial charge in [-0.15, -0.1) is 0 Å². The van der Waals surface area contributed by atoms with Gasteiger partial charge in [0.2, 0.25) is 0 Å². The lowest BCUT2D eigenvalue weighted by Crippen LogP contribution is -2.34. The molecule has 0 spiro atoms. The number of nitrogens with zero attached hydrogens (tertiary/aromatic N) is 1. The van der Waals surface area contributed by atoms with E-state index in [0.717, 1.165) is 10.4 Å². The van der Waals surface area contributed by atoms with Crippen molar-refractivity contribution < 1.29 is 0 Å². The fourth-order valence-corrected chi connectivity index (χ4v) is 2.52. The SMILES string of the molecule is CN(CC1CCNCC1)c1ccc(Br)cc1. The van der Waals surface area contributed by atoms with Crippen molar-refractivity contribution in [1.82, 2.24) is 5.32 Å². The van der Waals surface area contributed by atoms with Crippen LogP contribution in [0, 0.1) is 5.92 Å². The molecule has 0 unspecified atom stereocenters. The predicted molar refractivity (Wildman–Crippen MR) is 73.0 cm³/mol. The number of benzene rings is 1. The molecule has 1 fully saturated rings. The molecule has 0 saturated carbocycles. The van der Waals surface area contributed by atoms with Gasteiger partial charge in [-0.2, -0.15) is 0 Å². The Morgan fingerprint density at radius 1 is 1.25 bits per heavy atom. The van der Waals surface area contributed by atoms with Gasteiger partial charge in [0, 0.05) is 23.8 Å². The summed E-state index contributed by atoms with van der Waals surface area (Å²) in [5.41, 5.74) is 1.31. The zero-order chi connectivity index (χ0) is 11.4. The Morgan fingerprint density at radius 2 is 1.88 bits per heavy atom. The summed E-state index contributed by atoms with van der Waals surface area (Å²) in [7, 11) is 2.19. The van der Waals surface area contributed by atoms with E-state index in [2.05, 4.69) is 57.5 Å². The van der Waals surface area contributed by atoms with Crippen LogP contribution in [0.5, 0.6) is 0 Å².